The van der Waals surface area contributed by atoms with Crippen molar-refractivity contribution in [3.05, 3.63) is 0 Å². The summed E-state index contributed by atoms with van der Waals surface area (Å²) in [7, 11) is 21.9. The Labute approximate surface area is 603 Å². The maximum absolute atomic E-state index is 6.75. The Morgan fingerprint density at radius 1 is 0.258 bits per heavy atom. The fourth-order valence-corrected chi connectivity index (χ4v) is 74.9. The molecule has 0 aromatic rings. The van der Waals surface area contributed by atoms with Crippen LogP contribution in [0, 0.1) is 23.7 Å². The third-order valence-corrected chi connectivity index (χ3v) is 69.4. The van der Waals surface area contributed by atoms with Crippen LogP contribution in [0.4, 0.5) is 0 Å². The van der Waals surface area contributed by atoms with Crippen molar-refractivity contribution in [3.63, 3.8) is 0 Å². The molecule has 32 heteroatoms. The molecule has 0 N–H and O–H groups in total. The number of hydrogen-bond acceptors (Lipinski definition) is 28. The molecule has 0 spiro atoms. The van der Waals surface area contributed by atoms with Crippen molar-refractivity contribution in [2.45, 2.75) is 254 Å². The second kappa shape index (κ2) is 36.6. The van der Waals surface area contributed by atoms with Gasteiger partial charge >= 0.3 is 35.2 Å². The fourth-order valence-electron chi connectivity index (χ4n) is 17.3. The van der Waals surface area contributed by atoms with E-state index in [0.29, 0.717) is 125 Å². The molecule has 0 aromatic heterocycles. The highest BCUT2D eigenvalue weighted by atomic mass is 33.7. The second-order valence-electron chi connectivity index (χ2n) is 25.0. The van der Waals surface area contributed by atoms with Gasteiger partial charge in [0.05, 0.1) is 0 Å². The highest BCUT2D eigenvalue weighted by molar-refractivity contribution is 9.31. The van der Waals surface area contributed by atoms with Gasteiger partial charge in [-0.2, -0.15) is 0 Å². The molecule has 518 valence electrons. The van der Waals surface area contributed by atoms with E-state index in [4.69, 9.17) is 53.1 Å². The van der Waals surface area contributed by atoms with Crippen LogP contribution in [0.3, 0.4) is 0 Å². The van der Waals surface area contributed by atoms with Crippen molar-refractivity contribution >= 4 is 200 Å². The minimum atomic E-state index is -2.95. The average molecular weight is 1610 g/mol. The Hall–Kier alpha value is 5.99. The average Bonchev–Trinajstić information content (AvgIpc) is 1.72. The molecule has 9 aliphatic rings. The first-order valence-electron chi connectivity index (χ1n) is 33.7. The lowest BCUT2D eigenvalue weighted by Crippen LogP contribution is -2.55. The minimum Gasteiger partial charge on any atom is -0.374 e. The monoisotopic (exact) mass is 1610 g/mol. The van der Waals surface area contributed by atoms with E-state index in [1.165, 1.54) is 83.5 Å². The van der Waals surface area contributed by atoms with E-state index in [1.54, 1.807) is 0 Å². The molecule has 0 aromatic carbocycles. The largest absolute Gasteiger partial charge is 0.505 e. The third kappa shape index (κ3) is 17.2. The van der Waals surface area contributed by atoms with Gasteiger partial charge in [-0.3, -0.25) is 0 Å². The highest BCUT2D eigenvalue weighted by Gasteiger charge is 2.70. The SMILES string of the molecule is CCO[Si](OCC)(OCC)C1CC2CCC1(SSSSC1(SSSSC34CCC(CC3[Si](OCC)(OCC)OCC)C4)CCCC1(SSSSC13CCC(CC1[Si](OCC)(OCC)OCC)C3)SSSSC13CCC(CC1[Si](OCC)(OCC)OCC)C3)C2. The quantitative estimate of drug-likeness (QED) is 0.0249. The van der Waals surface area contributed by atoms with Crippen molar-refractivity contribution in [2.75, 3.05) is 79.3 Å². The molecule has 0 heterocycles. The summed E-state index contributed by atoms with van der Waals surface area (Å²) in [6, 6.07) is 0. The summed E-state index contributed by atoms with van der Waals surface area (Å²) in [4.78, 5) is 0. The Morgan fingerprint density at radius 2 is 0.438 bits per heavy atom. The van der Waals surface area contributed by atoms with Crippen LogP contribution in [0.2, 0.25) is 22.2 Å². The van der Waals surface area contributed by atoms with Gasteiger partial charge in [0.15, 0.2) is 0 Å². The van der Waals surface area contributed by atoms with Crippen LogP contribution in [0.1, 0.15) is 205 Å². The van der Waals surface area contributed by atoms with E-state index in [1.807, 2.05) is 39.3 Å². The van der Waals surface area contributed by atoms with E-state index < -0.39 is 35.2 Å². The molecule has 9 aliphatic carbocycles. The topological polar surface area (TPSA) is 111 Å². The Kier molecular flexibility index (Phi) is 32.5. The summed E-state index contributed by atoms with van der Waals surface area (Å²) in [6.45, 7) is 32.8. The van der Waals surface area contributed by atoms with E-state index in [0.717, 1.165) is 38.5 Å². The molecule has 9 saturated carbocycles. The zero-order valence-corrected chi connectivity index (χ0v) is 72.0. The predicted molar refractivity (Wildman–Crippen MR) is 417 cm³/mol. The predicted octanol–water partition coefficient (Wildman–Crippen LogP) is 22.7. The molecule has 0 saturated heterocycles. The van der Waals surface area contributed by atoms with Crippen molar-refractivity contribution < 1.29 is 53.1 Å². The van der Waals surface area contributed by atoms with Gasteiger partial charge in [0, 0.05) is 120 Å². The lowest BCUT2D eigenvalue weighted by molar-refractivity contribution is 0.0553. The molecule has 0 aliphatic heterocycles. The molecule has 0 radical (unpaired) electrons. The van der Waals surface area contributed by atoms with E-state index >= 15 is 0 Å². The van der Waals surface area contributed by atoms with E-state index in [9.17, 15) is 0 Å². The molecule has 9 rings (SSSR count). The third-order valence-electron chi connectivity index (χ3n) is 20.3. The summed E-state index contributed by atoms with van der Waals surface area (Å²) in [5.41, 5.74) is 1.21. The first kappa shape index (κ1) is 79.1. The van der Waals surface area contributed by atoms with Crippen LogP contribution in [-0.2, 0) is 53.1 Å². The molecule has 12 nitrogen and oxygen atoms in total. The summed E-state index contributed by atoms with van der Waals surface area (Å²) in [5.74, 6) is 2.82. The Balaban J connectivity index is 1.01. The molecule has 8 bridgehead atoms. The van der Waals surface area contributed by atoms with Crippen LogP contribution in [0.25, 0.3) is 0 Å². The van der Waals surface area contributed by atoms with Crippen molar-refractivity contribution in [1.82, 2.24) is 0 Å². The van der Waals surface area contributed by atoms with E-state index in [-0.39, 0.29) is 27.1 Å². The fraction of sp³-hybridized carbons (Fsp3) is 1.00. The minimum absolute atomic E-state index is 0.0760. The molecule has 89 heavy (non-hydrogen) atoms. The first-order chi connectivity index (χ1) is 43.2. The van der Waals surface area contributed by atoms with Gasteiger partial charge in [0.2, 0.25) is 0 Å². The smallest absolute Gasteiger partial charge is 0.374 e. The van der Waals surface area contributed by atoms with Crippen LogP contribution < -0.4 is 0 Å². The molecule has 0 amide bonds. The lowest BCUT2D eigenvalue weighted by atomic mass is 9.99. The summed E-state index contributed by atoms with van der Waals surface area (Å²) >= 11 is 0. The van der Waals surface area contributed by atoms with Gasteiger partial charge in [-0.15, -0.1) is 0 Å². The van der Waals surface area contributed by atoms with Crippen molar-refractivity contribution in [3.8, 4) is 0 Å². The molecular weight excluding hydrogens is 1500 g/mol. The number of hydrogen-bond donors (Lipinski definition) is 0. The number of rotatable bonds is 48. The van der Waals surface area contributed by atoms with E-state index in [2.05, 4.69) is 209 Å². The summed E-state index contributed by atoms with van der Waals surface area (Å²) in [6.07, 6.45) is 22.9. The van der Waals surface area contributed by atoms with Crippen molar-refractivity contribution in [2.24, 2.45) is 23.7 Å². The van der Waals surface area contributed by atoms with Crippen LogP contribution >= 0.6 is 165 Å². The maximum atomic E-state index is 6.75. The zero-order chi connectivity index (χ0) is 63.3. The van der Waals surface area contributed by atoms with Crippen LogP contribution in [0.15, 0.2) is 0 Å². The van der Waals surface area contributed by atoms with Crippen molar-refractivity contribution in [1.29, 1.82) is 0 Å². The number of fused-ring (bicyclic) bond motifs is 8. The molecule has 12 atom stereocenters. The Bertz CT molecular complexity index is 1820. The van der Waals surface area contributed by atoms with Gasteiger partial charge in [0.25, 0.3) is 0 Å². The normalized spacial score (nSPS) is 35.7. The summed E-state index contributed by atoms with van der Waals surface area (Å²) < 4.78 is 81.1. The standard InChI is InChI=1S/C57H106O12S16Si4/c1-13-58-86(59-14-2,60-15-3)48-36-44-26-32-52(48,40-44)70-78-82-74-56(75-83-79-71-53-33-27-45(41-53)37-49(53)87(61-16-4,62-17-5)63-18-6)30-25-31-57(56,76-84-80-72-54-34-28-46(42-54)38-50(54)88(64-19-7,65-20-8)66-21-9)77-85-81-73-55-35-29-47(43-55)39-51(55)89(67-22-10,68-23-11)69-24-12/h44-51H,13-43H2,1-12H3. The molecular formula is C57H106O12S16Si4. The lowest BCUT2D eigenvalue weighted by Gasteiger charge is -2.44. The second-order valence-corrected chi connectivity index (χ2v) is 62.2. The Morgan fingerprint density at radius 3 is 0.607 bits per heavy atom. The highest BCUT2D eigenvalue weighted by Crippen LogP contribution is 2.81. The van der Waals surface area contributed by atoms with Gasteiger partial charge < -0.3 is 53.1 Å². The van der Waals surface area contributed by atoms with Gasteiger partial charge in [-0.25, -0.2) is 0 Å². The molecule has 12 unspecified atom stereocenters. The van der Waals surface area contributed by atoms with Gasteiger partial charge in [-0.1, -0.05) is 86.4 Å². The van der Waals surface area contributed by atoms with Crippen LogP contribution in [0.5, 0.6) is 0 Å². The zero-order valence-electron chi connectivity index (χ0n) is 55.0. The van der Waals surface area contributed by atoms with Gasteiger partial charge in [0.1, 0.15) is 8.16 Å². The van der Waals surface area contributed by atoms with Gasteiger partial charge in [-0.05, 0) is 307 Å². The first-order valence-corrected chi connectivity index (χ1v) is 60.1. The summed E-state index contributed by atoms with van der Waals surface area (Å²) in [5, 5.41) is 0. The maximum Gasteiger partial charge on any atom is 0.505 e. The molecule has 9 fully saturated rings. The van der Waals surface area contributed by atoms with Crippen LogP contribution in [-0.4, -0.2) is 142 Å².